The summed E-state index contributed by atoms with van der Waals surface area (Å²) in [6, 6.07) is 0. The summed E-state index contributed by atoms with van der Waals surface area (Å²) >= 11 is 0. The van der Waals surface area contributed by atoms with E-state index in [2.05, 4.69) is 11.3 Å². The summed E-state index contributed by atoms with van der Waals surface area (Å²) < 4.78 is 14.4. The lowest BCUT2D eigenvalue weighted by Gasteiger charge is -2.30. The van der Waals surface area contributed by atoms with Crippen LogP contribution in [0.3, 0.4) is 0 Å². The molecule has 0 aromatic carbocycles. The SMILES string of the molecule is C=CC(=O)OC1(C=O)OCCCO1. The van der Waals surface area contributed by atoms with Crippen LogP contribution in [0.4, 0.5) is 0 Å². The van der Waals surface area contributed by atoms with Crippen molar-refractivity contribution in [3.8, 4) is 0 Å². The summed E-state index contributed by atoms with van der Waals surface area (Å²) in [6.07, 6.45) is 1.92. The van der Waals surface area contributed by atoms with Crippen LogP contribution in [0.15, 0.2) is 12.7 Å². The number of hydrogen-bond donors (Lipinski definition) is 0. The van der Waals surface area contributed by atoms with Crippen molar-refractivity contribution in [2.24, 2.45) is 0 Å². The molecule has 0 amide bonds. The third kappa shape index (κ3) is 2.37. The molecule has 0 aromatic rings. The topological polar surface area (TPSA) is 61.8 Å². The van der Waals surface area contributed by atoms with Gasteiger partial charge in [-0.1, -0.05) is 6.58 Å². The van der Waals surface area contributed by atoms with Crippen molar-refractivity contribution >= 4 is 12.3 Å². The highest BCUT2D eigenvalue weighted by Gasteiger charge is 2.38. The molecule has 1 aliphatic rings. The van der Waals surface area contributed by atoms with Gasteiger partial charge < -0.3 is 14.2 Å². The predicted molar refractivity (Wildman–Crippen MR) is 41.6 cm³/mol. The molecule has 1 aliphatic heterocycles. The first-order chi connectivity index (χ1) is 6.22. The quantitative estimate of drug-likeness (QED) is 0.353. The first kappa shape index (κ1) is 9.88. The maximum absolute atomic E-state index is 10.8. The fourth-order valence-electron chi connectivity index (χ4n) is 0.862. The van der Waals surface area contributed by atoms with Crippen LogP contribution < -0.4 is 0 Å². The minimum Gasteiger partial charge on any atom is -0.398 e. The summed E-state index contributed by atoms with van der Waals surface area (Å²) in [4.78, 5) is 21.4. The Kier molecular flexibility index (Phi) is 3.16. The molecule has 5 nitrogen and oxygen atoms in total. The molecular formula is C8H10O5. The van der Waals surface area contributed by atoms with Crippen molar-refractivity contribution in [3.05, 3.63) is 12.7 Å². The third-order valence-corrected chi connectivity index (χ3v) is 1.45. The van der Waals surface area contributed by atoms with E-state index in [9.17, 15) is 9.59 Å². The second-order valence-corrected chi connectivity index (χ2v) is 2.40. The van der Waals surface area contributed by atoms with Gasteiger partial charge in [0.2, 0.25) is 6.29 Å². The number of carbonyl (C=O) groups excluding carboxylic acids is 2. The Labute approximate surface area is 75.3 Å². The van der Waals surface area contributed by atoms with Gasteiger partial charge in [-0.15, -0.1) is 0 Å². The Balaban J connectivity index is 2.62. The molecule has 0 aliphatic carbocycles. The molecule has 1 heterocycles. The van der Waals surface area contributed by atoms with Crippen LogP contribution in [-0.2, 0) is 23.8 Å². The lowest BCUT2D eigenvalue weighted by atomic mass is 10.4. The van der Waals surface area contributed by atoms with E-state index in [-0.39, 0.29) is 0 Å². The number of rotatable bonds is 3. The van der Waals surface area contributed by atoms with E-state index in [1.807, 2.05) is 0 Å². The molecule has 0 aromatic heterocycles. The van der Waals surface area contributed by atoms with Gasteiger partial charge in [-0.2, -0.15) is 0 Å². The van der Waals surface area contributed by atoms with Crippen LogP contribution in [-0.4, -0.2) is 31.4 Å². The van der Waals surface area contributed by atoms with Gasteiger partial charge in [0.15, 0.2) is 0 Å². The zero-order valence-electron chi connectivity index (χ0n) is 7.02. The van der Waals surface area contributed by atoms with Crippen LogP contribution in [0, 0.1) is 0 Å². The number of ether oxygens (including phenoxy) is 3. The smallest absolute Gasteiger partial charge is 0.390 e. The van der Waals surface area contributed by atoms with Crippen LogP contribution in [0.25, 0.3) is 0 Å². The predicted octanol–water partition coefficient (Wildman–Crippen LogP) is 0.00520. The van der Waals surface area contributed by atoms with E-state index in [0.29, 0.717) is 25.9 Å². The normalized spacial score (nSPS) is 20.3. The largest absolute Gasteiger partial charge is 0.398 e. The van der Waals surface area contributed by atoms with Crippen LogP contribution >= 0.6 is 0 Å². The fraction of sp³-hybridized carbons (Fsp3) is 0.500. The summed E-state index contributed by atoms with van der Waals surface area (Å²) in [7, 11) is 0. The Morgan fingerprint density at radius 2 is 2.08 bits per heavy atom. The highest BCUT2D eigenvalue weighted by atomic mass is 16.9. The molecule has 5 heteroatoms. The van der Waals surface area contributed by atoms with Gasteiger partial charge in [0, 0.05) is 6.08 Å². The van der Waals surface area contributed by atoms with Gasteiger partial charge in [-0.05, 0) is 6.42 Å². The van der Waals surface area contributed by atoms with E-state index in [0.717, 1.165) is 6.08 Å². The minimum atomic E-state index is -1.86. The molecule has 0 unspecified atom stereocenters. The van der Waals surface area contributed by atoms with Crippen LogP contribution in [0.1, 0.15) is 6.42 Å². The third-order valence-electron chi connectivity index (χ3n) is 1.45. The molecule has 1 fully saturated rings. The molecular weight excluding hydrogens is 176 g/mol. The van der Waals surface area contributed by atoms with E-state index in [1.54, 1.807) is 0 Å². The standard InChI is InChI=1S/C8H10O5/c1-2-7(10)13-8(6-9)11-4-3-5-12-8/h2,6H,1,3-5H2. The molecule has 0 atom stereocenters. The van der Waals surface area contributed by atoms with E-state index in [4.69, 9.17) is 9.47 Å². The highest BCUT2D eigenvalue weighted by Crippen LogP contribution is 2.18. The number of esters is 1. The fourth-order valence-corrected chi connectivity index (χ4v) is 0.862. The van der Waals surface area contributed by atoms with Gasteiger partial charge >= 0.3 is 11.9 Å². The minimum absolute atomic E-state index is 0.313. The van der Waals surface area contributed by atoms with Crippen molar-refractivity contribution in [2.45, 2.75) is 12.4 Å². The summed E-state index contributed by atoms with van der Waals surface area (Å²) in [6.45, 7) is 3.84. The molecule has 13 heavy (non-hydrogen) atoms. The molecule has 0 spiro atoms. The van der Waals surface area contributed by atoms with Crippen LogP contribution in [0.5, 0.6) is 0 Å². The van der Waals surface area contributed by atoms with Gasteiger partial charge in [0.25, 0.3) is 0 Å². The first-order valence-corrected chi connectivity index (χ1v) is 3.82. The van der Waals surface area contributed by atoms with Crippen molar-refractivity contribution in [1.29, 1.82) is 0 Å². The molecule has 1 saturated heterocycles. The zero-order chi connectivity index (χ0) is 9.73. The second kappa shape index (κ2) is 4.15. The van der Waals surface area contributed by atoms with Crippen molar-refractivity contribution in [3.63, 3.8) is 0 Å². The monoisotopic (exact) mass is 186 g/mol. The maximum atomic E-state index is 10.8. The Bertz CT molecular complexity index is 217. The van der Waals surface area contributed by atoms with Gasteiger partial charge in [-0.3, -0.25) is 4.79 Å². The lowest BCUT2D eigenvalue weighted by Crippen LogP contribution is -2.45. The number of carbonyl (C=O) groups is 2. The second-order valence-electron chi connectivity index (χ2n) is 2.40. The van der Waals surface area contributed by atoms with Crippen molar-refractivity contribution in [2.75, 3.05) is 13.2 Å². The highest BCUT2D eigenvalue weighted by molar-refractivity contribution is 5.83. The lowest BCUT2D eigenvalue weighted by molar-refractivity contribution is -0.348. The van der Waals surface area contributed by atoms with E-state index < -0.39 is 11.9 Å². The average Bonchev–Trinajstić information content (AvgIpc) is 2.19. The number of aldehydes is 1. The Morgan fingerprint density at radius 1 is 1.46 bits per heavy atom. The molecule has 1 rings (SSSR count). The van der Waals surface area contributed by atoms with E-state index in [1.165, 1.54) is 0 Å². The van der Waals surface area contributed by atoms with Gasteiger partial charge in [0.05, 0.1) is 13.2 Å². The average molecular weight is 186 g/mol. The summed E-state index contributed by atoms with van der Waals surface area (Å²) in [5.41, 5.74) is 0. The molecule has 0 bridgehead atoms. The zero-order valence-corrected chi connectivity index (χ0v) is 7.02. The van der Waals surface area contributed by atoms with Gasteiger partial charge in [-0.25, -0.2) is 4.79 Å². The number of hydrogen-bond acceptors (Lipinski definition) is 5. The van der Waals surface area contributed by atoms with E-state index >= 15 is 0 Å². The molecule has 0 radical (unpaired) electrons. The molecule has 72 valence electrons. The maximum Gasteiger partial charge on any atom is 0.390 e. The molecule has 0 saturated carbocycles. The Morgan fingerprint density at radius 3 is 2.54 bits per heavy atom. The van der Waals surface area contributed by atoms with Crippen molar-refractivity contribution in [1.82, 2.24) is 0 Å². The van der Waals surface area contributed by atoms with Crippen molar-refractivity contribution < 1.29 is 23.8 Å². The summed E-state index contributed by atoms with van der Waals surface area (Å²) in [5, 5.41) is 0. The Hall–Kier alpha value is -1.20. The molecule has 0 N–H and O–H groups in total. The first-order valence-electron chi connectivity index (χ1n) is 3.82. The van der Waals surface area contributed by atoms with Crippen LogP contribution in [0.2, 0.25) is 0 Å². The summed E-state index contributed by atoms with van der Waals surface area (Å²) in [5.74, 6) is -2.61. The van der Waals surface area contributed by atoms with Gasteiger partial charge in [0.1, 0.15) is 0 Å².